The molecule has 0 saturated carbocycles. The molecule has 1 N–H and O–H groups in total. The Bertz CT molecular complexity index is 1330. The van der Waals surface area contributed by atoms with Gasteiger partial charge in [0.2, 0.25) is 5.91 Å². The maximum Gasteiger partial charge on any atom is 0.226 e. The van der Waals surface area contributed by atoms with Crippen molar-refractivity contribution in [2.24, 2.45) is 0 Å². The Morgan fingerprint density at radius 3 is 2.64 bits per heavy atom. The molecular weight excluding hydrogens is 472 g/mol. The SMILES string of the molecule is Cc1ccc(-c2ccc(C#N)c(SCCC(=O)Nc3nc(-c4ccccc4Cl)cs3)n2)cc1. The number of hydrogen-bond acceptors (Lipinski definition) is 6. The van der Waals surface area contributed by atoms with E-state index in [2.05, 4.69) is 21.4 Å². The fourth-order valence-electron chi connectivity index (χ4n) is 3.07. The van der Waals surface area contributed by atoms with Crippen LogP contribution >= 0.6 is 34.7 Å². The van der Waals surface area contributed by atoms with Gasteiger partial charge in [0.05, 0.1) is 17.0 Å². The Balaban J connectivity index is 1.37. The minimum absolute atomic E-state index is 0.143. The highest BCUT2D eigenvalue weighted by atomic mass is 35.5. The number of halogens is 1. The molecule has 4 aromatic rings. The summed E-state index contributed by atoms with van der Waals surface area (Å²) in [6.45, 7) is 2.03. The topological polar surface area (TPSA) is 78.7 Å². The van der Waals surface area contributed by atoms with Crippen LogP contribution in [0.1, 0.15) is 17.5 Å². The van der Waals surface area contributed by atoms with Crippen LogP contribution in [0.3, 0.4) is 0 Å². The first-order valence-electron chi connectivity index (χ1n) is 10.1. The van der Waals surface area contributed by atoms with E-state index in [0.29, 0.717) is 26.5 Å². The van der Waals surface area contributed by atoms with E-state index in [9.17, 15) is 10.1 Å². The first-order valence-corrected chi connectivity index (χ1v) is 12.4. The van der Waals surface area contributed by atoms with Crippen LogP contribution < -0.4 is 5.32 Å². The number of benzene rings is 2. The van der Waals surface area contributed by atoms with Gasteiger partial charge in [-0.25, -0.2) is 9.97 Å². The molecule has 0 aliphatic carbocycles. The number of aromatic nitrogens is 2. The van der Waals surface area contributed by atoms with Crippen molar-refractivity contribution >= 4 is 45.7 Å². The molecule has 5 nitrogen and oxygen atoms in total. The molecule has 0 radical (unpaired) electrons. The number of thiazole rings is 1. The second-order valence-corrected chi connectivity index (χ2v) is 9.54. The van der Waals surface area contributed by atoms with E-state index in [-0.39, 0.29) is 12.3 Å². The number of nitriles is 1. The zero-order valence-corrected chi connectivity index (χ0v) is 20.1. The number of pyridine rings is 1. The van der Waals surface area contributed by atoms with Gasteiger partial charge in [0.1, 0.15) is 11.1 Å². The third kappa shape index (κ3) is 5.79. The van der Waals surface area contributed by atoms with E-state index in [1.54, 1.807) is 6.07 Å². The highest BCUT2D eigenvalue weighted by Crippen LogP contribution is 2.30. The molecule has 0 spiro atoms. The standard InChI is InChI=1S/C25H19ClN4OS2/c1-16-6-8-17(9-7-16)21-11-10-18(14-27)24(28-21)32-13-12-23(31)30-25-29-22(15-33-25)19-4-2-3-5-20(19)26/h2-11,15H,12-13H2,1H3,(H,29,30,31). The molecule has 0 saturated heterocycles. The number of carbonyl (C=O) groups excluding carboxylic acids is 1. The smallest absolute Gasteiger partial charge is 0.226 e. The fourth-order valence-corrected chi connectivity index (χ4v) is 4.94. The maximum atomic E-state index is 12.4. The number of aryl methyl sites for hydroxylation is 1. The molecule has 0 atom stereocenters. The van der Waals surface area contributed by atoms with Gasteiger partial charge in [0.25, 0.3) is 0 Å². The van der Waals surface area contributed by atoms with Crippen LogP contribution in [0.15, 0.2) is 71.1 Å². The lowest BCUT2D eigenvalue weighted by Gasteiger charge is -2.07. The maximum absolute atomic E-state index is 12.4. The molecule has 0 unspecified atom stereocenters. The summed E-state index contributed by atoms with van der Waals surface area (Å²) < 4.78 is 0. The monoisotopic (exact) mass is 490 g/mol. The molecular formula is C25H19ClN4OS2. The van der Waals surface area contributed by atoms with Crippen molar-refractivity contribution in [3.05, 3.63) is 82.2 Å². The normalized spacial score (nSPS) is 10.6. The molecule has 2 heterocycles. The number of carbonyl (C=O) groups is 1. The van der Waals surface area contributed by atoms with Gasteiger partial charge in [-0.05, 0) is 25.1 Å². The Labute approximate surface area is 205 Å². The number of thioether (sulfide) groups is 1. The van der Waals surface area contributed by atoms with Gasteiger partial charge < -0.3 is 5.32 Å². The van der Waals surface area contributed by atoms with Crippen molar-refractivity contribution in [2.75, 3.05) is 11.1 Å². The Hall–Kier alpha value is -3.18. The second kappa shape index (κ2) is 10.6. The lowest BCUT2D eigenvalue weighted by atomic mass is 10.1. The average molecular weight is 491 g/mol. The van der Waals surface area contributed by atoms with Crippen LogP contribution in [-0.2, 0) is 4.79 Å². The van der Waals surface area contributed by atoms with Gasteiger partial charge >= 0.3 is 0 Å². The zero-order chi connectivity index (χ0) is 23.2. The summed E-state index contributed by atoms with van der Waals surface area (Å²) in [5, 5.41) is 15.9. The number of nitrogens with zero attached hydrogens (tertiary/aromatic N) is 3. The van der Waals surface area contributed by atoms with Crippen molar-refractivity contribution in [3.8, 4) is 28.6 Å². The predicted octanol–water partition coefficient (Wildman–Crippen LogP) is 6.83. The van der Waals surface area contributed by atoms with Crippen molar-refractivity contribution in [3.63, 3.8) is 0 Å². The molecule has 1 amide bonds. The second-order valence-electron chi connectivity index (χ2n) is 7.19. The zero-order valence-electron chi connectivity index (χ0n) is 17.7. The molecule has 0 bridgehead atoms. The first-order chi connectivity index (χ1) is 16.0. The van der Waals surface area contributed by atoms with E-state index in [1.807, 2.05) is 66.9 Å². The molecule has 33 heavy (non-hydrogen) atoms. The van der Waals surface area contributed by atoms with Gasteiger partial charge in [0, 0.05) is 33.7 Å². The van der Waals surface area contributed by atoms with E-state index >= 15 is 0 Å². The van der Waals surface area contributed by atoms with Crippen LogP contribution in [0, 0.1) is 18.3 Å². The van der Waals surface area contributed by atoms with Gasteiger partial charge in [-0.15, -0.1) is 23.1 Å². The lowest BCUT2D eigenvalue weighted by Crippen LogP contribution is -2.12. The molecule has 8 heteroatoms. The minimum Gasteiger partial charge on any atom is -0.302 e. The van der Waals surface area contributed by atoms with Crippen molar-refractivity contribution in [2.45, 2.75) is 18.4 Å². The number of hydrogen-bond donors (Lipinski definition) is 1. The van der Waals surface area contributed by atoms with Crippen molar-refractivity contribution < 1.29 is 4.79 Å². The van der Waals surface area contributed by atoms with E-state index in [0.717, 1.165) is 22.5 Å². The van der Waals surface area contributed by atoms with E-state index in [1.165, 1.54) is 28.7 Å². The summed E-state index contributed by atoms with van der Waals surface area (Å²) >= 11 is 8.98. The van der Waals surface area contributed by atoms with Gasteiger partial charge in [0.15, 0.2) is 5.13 Å². The summed E-state index contributed by atoms with van der Waals surface area (Å²) in [6, 6.07) is 21.3. The number of amides is 1. The van der Waals surface area contributed by atoms with Gasteiger partial charge in [-0.2, -0.15) is 5.26 Å². The van der Waals surface area contributed by atoms with E-state index in [4.69, 9.17) is 11.6 Å². The predicted molar refractivity (Wildman–Crippen MR) is 136 cm³/mol. The van der Waals surface area contributed by atoms with E-state index < -0.39 is 0 Å². The molecule has 0 aliphatic heterocycles. The number of nitrogens with one attached hydrogen (secondary N) is 1. The largest absolute Gasteiger partial charge is 0.302 e. The molecule has 164 valence electrons. The third-order valence-electron chi connectivity index (χ3n) is 4.80. The van der Waals surface area contributed by atoms with Gasteiger partial charge in [-0.3, -0.25) is 4.79 Å². The Morgan fingerprint density at radius 2 is 1.88 bits per heavy atom. The van der Waals surface area contributed by atoms with Crippen LogP contribution in [0.25, 0.3) is 22.5 Å². The van der Waals surface area contributed by atoms with Crippen molar-refractivity contribution in [1.82, 2.24) is 9.97 Å². The summed E-state index contributed by atoms with van der Waals surface area (Å²) in [6.07, 6.45) is 0.271. The molecule has 0 aliphatic rings. The minimum atomic E-state index is -0.143. The van der Waals surface area contributed by atoms with Crippen LogP contribution in [-0.4, -0.2) is 21.6 Å². The Kier molecular flexibility index (Phi) is 7.40. The highest BCUT2D eigenvalue weighted by molar-refractivity contribution is 7.99. The molecule has 4 rings (SSSR count). The summed E-state index contributed by atoms with van der Waals surface area (Å²) in [4.78, 5) is 21.5. The van der Waals surface area contributed by atoms with Crippen molar-refractivity contribution in [1.29, 1.82) is 5.26 Å². The number of anilines is 1. The quantitative estimate of drug-likeness (QED) is 0.287. The Morgan fingerprint density at radius 1 is 1.09 bits per heavy atom. The lowest BCUT2D eigenvalue weighted by molar-refractivity contribution is -0.115. The third-order valence-corrected chi connectivity index (χ3v) is 6.88. The molecule has 0 fully saturated rings. The molecule has 2 aromatic carbocycles. The summed E-state index contributed by atoms with van der Waals surface area (Å²) in [5.74, 6) is 0.351. The first kappa shape index (κ1) is 23.0. The summed E-state index contributed by atoms with van der Waals surface area (Å²) in [5.41, 5.74) is 5.02. The van der Waals surface area contributed by atoms with Crippen LogP contribution in [0.2, 0.25) is 5.02 Å². The van der Waals surface area contributed by atoms with Gasteiger partial charge in [-0.1, -0.05) is 59.6 Å². The molecule has 2 aromatic heterocycles. The van der Waals surface area contributed by atoms with Crippen LogP contribution in [0.5, 0.6) is 0 Å². The number of rotatable bonds is 7. The average Bonchev–Trinajstić information content (AvgIpc) is 3.28. The highest BCUT2D eigenvalue weighted by Gasteiger charge is 2.12. The summed E-state index contributed by atoms with van der Waals surface area (Å²) in [7, 11) is 0. The van der Waals surface area contributed by atoms with Crippen LogP contribution in [0.4, 0.5) is 5.13 Å². The fraction of sp³-hybridized carbons (Fsp3) is 0.120.